The number of nitrogens with zero attached hydrogens (tertiary/aromatic N) is 7. The van der Waals surface area contributed by atoms with E-state index in [-0.39, 0.29) is 12.5 Å². The molecule has 2 aliphatic rings. The molecule has 2 amide bonds. The summed E-state index contributed by atoms with van der Waals surface area (Å²) in [4.78, 5) is 38.9. The van der Waals surface area contributed by atoms with Gasteiger partial charge in [-0.3, -0.25) is 9.59 Å². The summed E-state index contributed by atoms with van der Waals surface area (Å²) >= 11 is 4.29. The predicted molar refractivity (Wildman–Crippen MR) is 107 cm³/mol. The minimum atomic E-state index is -0.831. The first-order valence-corrected chi connectivity index (χ1v) is 11.4. The highest BCUT2D eigenvalue weighted by molar-refractivity contribution is 8.03. The van der Waals surface area contributed by atoms with Crippen molar-refractivity contribution >= 4 is 52.6 Å². The van der Waals surface area contributed by atoms with Crippen LogP contribution in [0.5, 0.6) is 0 Å². The van der Waals surface area contributed by atoms with Crippen LogP contribution in [0.25, 0.3) is 0 Å². The van der Waals surface area contributed by atoms with Crippen LogP contribution >= 0.6 is 34.9 Å². The Morgan fingerprint density at radius 2 is 2.20 bits per heavy atom. The Hall–Kier alpha value is -2.52. The second-order valence-corrected chi connectivity index (χ2v) is 9.71. The van der Waals surface area contributed by atoms with Gasteiger partial charge in [-0.05, 0) is 28.3 Å². The van der Waals surface area contributed by atoms with E-state index in [1.807, 2.05) is 12.3 Å². The van der Waals surface area contributed by atoms with E-state index in [2.05, 4.69) is 31.0 Å². The number of aromatic nitrogens is 6. The Kier molecular flexibility index (Phi) is 6.01. The molecule has 1 N–H and O–H groups in total. The van der Waals surface area contributed by atoms with Gasteiger partial charge in [0.25, 0.3) is 0 Å². The number of nitrogens with one attached hydrogen (secondary N) is 1. The average Bonchev–Trinajstić information content (AvgIpc) is 3.40. The number of rotatable bonds is 7. The number of hydrogen-bond acceptors (Lipinski definition) is 12. The molecule has 4 rings (SSSR count). The van der Waals surface area contributed by atoms with E-state index >= 15 is 0 Å². The third-order valence-corrected chi connectivity index (χ3v) is 7.64. The normalized spacial score (nSPS) is 22.7. The molecule has 2 aliphatic heterocycles. The summed E-state index contributed by atoms with van der Waals surface area (Å²) in [7, 11) is 1.29. The fourth-order valence-corrected chi connectivity index (χ4v) is 6.18. The van der Waals surface area contributed by atoms with Gasteiger partial charge in [0, 0.05) is 5.75 Å². The second-order valence-electron chi connectivity index (χ2n) is 6.32. The molecule has 1 fully saturated rings. The van der Waals surface area contributed by atoms with Crippen molar-refractivity contribution in [3.8, 4) is 0 Å². The van der Waals surface area contributed by atoms with Gasteiger partial charge in [0.15, 0.2) is 10.4 Å². The van der Waals surface area contributed by atoms with Crippen LogP contribution in [0.15, 0.2) is 21.6 Å². The number of esters is 1. The van der Waals surface area contributed by atoms with Crippen molar-refractivity contribution in [1.29, 1.82) is 0 Å². The molecule has 0 spiro atoms. The quantitative estimate of drug-likeness (QED) is 0.317. The Bertz CT molecular complexity index is 994. The summed E-state index contributed by atoms with van der Waals surface area (Å²) in [5.74, 6) is -0.788. The monoisotopic (exact) mass is 468 g/mol. The van der Waals surface area contributed by atoms with Crippen LogP contribution in [0.4, 0.5) is 0 Å². The van der Waals surface area contributed by atoms with Gasteiger partial charge in [0.1, 0.15) is 29.3 Å². The molecule has 0 bridgehead atoms. The van der Waals surface area contributed by atoms with Crippen molar-refractivity contribution in [1.82, 2.24) is 40.6 Å². The van der Waals surface area contributed by atoms with E-state index in [0.29, 0.717) is 5.75 Å². The zero-order chi connectivity index (χ0) is 21.3. The van der Waals surface area contributed by atoms with Crippen molar-refractivity contribution in [3.05, 3.63) is 22.3 Å². The molecular formula is C15H16N8O4S3. The number of carbonyl (C=O) groups excluding carboxylic acids is 3. The lowest BCUT2D eigenvalue weighted by Gasteiger charge is -2.51. The first kappa shape index (κ1) is 20.7. The van der Waals surface area contributed by atoms with Crippen molar-refractivity contribution in [3.63, 3.8) is 0 Å². The number of hydrogen-bond donors (Lipinski definition) is 1. The molecule has 0 radical (unpaired) electrons. The molecule has 2 aromatic heterocycles. The van der Waals surface area contributed by atoms with Crippen LogP contribution in [0.3, 0.4) is 0 Å². The topological polar surface area (TPSA) is 145 Å². The van der Waals surface area contributed by atoms with E-state index in [1.165, 1.54) is 57.9 Å². The highest BCUT2D eigenvalue weighted by atomic mass is 32.2. The molecule has 1 unspecified atom stereocenters. The SMILES string of the molecule is COC(=O)C1C(CSc2nnc(C)s2)=CS[C@@H]2[C@H](NC(=O)Cn3cnnn3)C(=O)N12. The third kappa shape index (κ3) is 4.04. The zero-order valence-corrected chi connectivity index (χ0v) is 18.2. The highest BCUT2D eigenvalue weighted by Crippen LogP contribution is 2.41. The Labute approximate surface area is 182 Å². The molecule has 3 atom stereocenters. The molecule has 15 heteroatoms. The molecule has 12 nitrogen and oxygen atoms in total. The zero-order valence-electron chi connectivity index (χ0n) is 15.8. The number of β-lactam (4-membered cyclic amide) rings is 1. The summed E-state index contributed by atoms with van der Waals surface area (Å²) in [5.41, 5.74) is 0.743. The van der Waals surface area contributed by atoms with Gasteiger partial charge < -0.3 is 15.0 Å². The lowest BCUT2D eigenvalue weighted by molar-refractivity contribution is -0.161. The maximum absolute atomic E-state index is 12.8. The molecule has 0 aliphatic carbocycles. The van der Waals surface area contributed by atoms with E-state index in [1.54, 1.807) is 0 Å². The number of ether oxygens (including phenoxy) is 1. The fraction of sp³-hybridized carbons (Fsp3) is 0.467. The number of methoxy groups -OCH3 is 1. The molecule has 2 aromatic rings. The molecule has 0 aromatic carbocycles. The van der Waals surface area contributed by atoms with Crippen molar-refractivity contribution in [2.75, 3.05) is 12.9 Å². The molecular weight excluding hydrogens is 452 g/mol. The van der Waals surface area contributed by atoms with Crippen molar-refractivity contribution in [2.24, 2.45) is 0 Å². The summed E-state index contributed by atoms with van der Waals surface area (Å²) in [5, 5.41) is 23.6. The standard InChI is InChI=1S/C15H16N8O4S3/c1-7-18-19-15(30-7)29-5-8-4-28-13-10(12(25)23(13)11(8)14(26)27-2)17-9(24)3-22-6-16-20-21-22/h4,6,10-11,13H,3,5H2,1-2H3,(H,17,24)/t10-,11?,13-/m1/s1. The summed E-state index contributed by atoms with van der Waals surface area (Å²) in [6.07, 6.45) is 1.31. The minimum Gasteiger partial charge on any atom is -0.467 e. The lowest BCUT2D eigenvalue weighted by Crippen LogP contribution is -2.74. The van der Waals surface area contributed by atoms with Gasteiger partial charge in [-0.25, -0.2) is 9.48 Å². The molecule has 4 heterocycles. The van der Waals surface area contributed by atoms with E-state index in [4.69, 9.17) is 4.74 Å². The van der Waals surface area contributed by atoms with Crippen LogP contribution in [0, 0.1) is 6.92 Å². The highest BCUT2D eigenvalue weighted by Gasteiger charge is 2.56. The van der Waals surface area contributed by atoms with Gasteiger partial charge in [0.05, 0.1) is 7.11 Å². The van der Waals surface area contributed by atoms with Gasteiger partial charge >= 0.3 is 5.97 Å². The fourth-order valence-electron chi connectivity index (χ4n) is 3.03. The van der Waals surface area contributed by atoms with Crippen molar-refractivity contribution < 1.29 is 19.1 Å². The van der Waals surface area contributed by atoms with Crippen LogP contribution in [0.2, 0.25) is 0 Å². The number of amides is 2. The third-order valence-electron chi connectivity index (χ3n) is 4.38. The van der Waals surface area contributed by atoms with Crippen LogP contribution in [0.1, 0.15) is 5.01 Å². The first-order chi connectivity index (χ1) is 14.5. The van der Waals surface area contributed by atoms with Gasteiger partial charge in [-0.2, -0.15) is 0 Å². The smallest absolute Gasteiger partial charge is 0.333 e. The molecule has 158 valence electrons. The summed E-state index contributed by atoms with van der Waals surface area (Å²) in [6, 6.07) is -1.56. The van der Waals surface area contributed by atoms with Crippen LogP contribution in [-0.4, -0.2) is 83.4 Å². The van der Waals surface area contributed by atoms with Crippen LogP contribution in [-0.2, 0) is 25.7 Å². The number of tetrazole rings is 1. The molecule has 0 saturated carbocycles. The minimum absolute atomic E-state index is 0.104. The number of carbonyl (C=O) groups is 3. The maximum Gasteiger partial charge on any atom is 0.333 e. The largest absolute Gasteiger partial charge is 0.467 e. The van der Waals surface area contributed by atoms with E-state index in [9.17, 15) is 14.4 Å². The van der Waals surface area contributed by atoms with E-state index < -0.39 is 29.3 Å². The van der Waals surface area contributed by atoms with Crippen LogP contribution < -0.4 is 5.32 Å². The van der Waals surface area contributed by atoms with Crippen molar-refractivity contribution in [2.45, 2.75) is 35.3 Å². The number of aryl methyl sites for hydroxylation is 1. The molecule has 1 saturated heterocycles. The molecule has 30 heavy (non-hydrogen) atoms. The predicted octanol–water partition coefficient (Wildman–Crippen LogP) is -0.549. The summed E-state index contributed by atoms with van der Waals surface area (Å²) in [6.45, 7) is 1.76. The summed E-state index contributed by atoms with van der Waals surface area (Å²) < 4.78 is 6.97. The Morgan fingerprint density at radius 3 is 2.87 bits per heavy atom. The second kappa shape index (κ2) is 8.69. The lowest BCUT2D eigenvalue weighted by atomic mass is 9.98. The Morgan fingerprint density at radius 1 is 1.37 bits per heavy atom. The van der Waals surface area contributed by atoms with Gasteiger partial charge in [-0.1, -0.05) is 23.1 Å². The van der Waals surface area contributed by atoms with E-state index in [0.717, 1.165) is 14.9 Å². The van der Waals surface area contributed by atoms with Gasteiger partial charge in [-0.15, -0.1) is 27.1 Å². The number of fused-ring (bicyclic) bond motifs is 1. The average molecular weight is 469 g/mol. The van der Waals surface area contributed by atoms with Gasteiger partial charge in [0.2, 0.25) is 11.8 Å². The first-order valence-electron chi connectivity index (χ1n) is 8.65. The number of thioether (sulfide) groups is 2. The Balaban J connectivity index is 1.44. The maximum atomic E-state index is 12.8.